The van der Waals surface area contributed by atoms with Gasteiger partial charge in [0.05, 0.1) is 28.4 Å². The molecule has 2 rings (SSSR count). The van der Waals surface area contributed by atoms with Gasteiger partial charge in [0, 0.05) is 17.7 Å². The van der Waals surface area contributed by atoms with Crippen LogP contribution in [-0.2, 0) is 0 Å². The van der Waals surface area contributed by atoms with Crippen LogP contribution in [0.3, 0.4) is 0 Å². The summed E-state index contributed by atoms with van der Waals surface area (Å²) in [6.45, 7) is 0. The predicted octanol–water partition coefficient (Wildman–Crippen LogP) is 2.66. The van der Waals surface area contributed by atoms with Crippen LogP contribution < -0.4 is 18.9 Å². The summed E-state index contributed by atoms with van der Waals surface area (Å²) in [6, 6.07) is 7.65. The van der Waals surface area contributed by atoms with Crippen LogP contribution in [0.15, 0.2) is 30.3 Å². The number of phenols is 1. The van der Waals surface area contributed by atoms with E-state index in [9.17, 15) is 9.90 Å². The molecule has 0 saturated carbocycles. The van der Waals surface area contributed by atoms with Crippen LogP contribution in [0.5, 0.6) is 28.7 Å². The molecule has 0 spiro atoms. The van der Waals surface area contributed by atoms with Crippen LogP contribution >= 0.6 is 0 Å². The average molecular weight is 318 g/mol. The van der Waals surface area contributed by atoms with Crippen LogP contribution in [0, 0.1) is 0 Å². The van der Waals surface area contributed by atoms with E-state index in [0.29, 0.717) is 22.8 Å². The highest BCUT2D eigenvalue weighted by Crippen LogP contribution is 2.36. The smallest absolute Gasteiger partial charge is 0.200 e. The van der Waals surface area contributed by atoms with Gasteiger partial charge in [-0.1, -0.05) is 0 Å². The first kappa shape index (κ1) is 16.5. The highest BCUT2D eigenvalue weighted by Gasteiger charge is 2.22. The van der Waals surface area contributed by atoms with Crippen LogP contribution in [-0.4, -0.2) is 39.3 Å². The summed E-state index contributed by atoms with van der Waals surface area (Å²) >= 11 is 0. The standard InChI is InChI=1S/C17H18O6/c1-20-11-8-12(18)16(15(9-11)23-4)17(19)10-5-6-13(21-2)14(7-10)22-3/h5-9,18H,1-4H3. The molecule has 2 aromatic rings. The molecule has 0 bridgehead atoms. The van der Waals surface area contributed by atoms with Crippen molar-refractivity contribution in [2.45, 2.75) is 0 Å². The normalized spacial score (nSPS) is 10.1. The molecule has 0 aliphatic rings. The number of methoxy groups -OCH3 is 4. The number of ketones is 1. The summed E-state index contributed by atoms with van der Waals surface area (Å²) in [7, 11) is 5.87. The van der Waals surface area contributed by atoms with Crippen LogP contribution in [0.1, 0.15) is 15.9 Å². The largest absolute Gasteiger partial charge is 0.507 e. The molecule has 0 aliphatic heterocycles. The maximum absolute atomic E-state index is 12.7. The van der Waals surface area contributed by atoms with Crippen molar-refractivity contribution in [2.75, 3.05) is 28.4 Å². The van der Waals surface area contributed by atoms with E-state index >= 15 is 0 Å². The molecule has 6 heteroatoms. The minimum atomic E-state index is -0.400. The molecule has 0 aliphatic carbocycles. The summed E-state index contributed by atoms with van der Waals surface area (Å²) < 4.78 is 20.6. The Balaban J connectivity index is 2.52. The highest BCUT2D eigenvalue weighted by atomic mass is 16.5. The fraction of sp³-hybridized carbons (Fsp3) is 0.235. The molecule has 0 aromatic heterocycles. The molecular formula is C17H18O6. The topological polar surface area (TPSA) is 74.2 Å². The first-order chi connectivity index (χ1) is 11.0. The van der Waals surface area contributed by atoms with Gasteiger partial charge in [0.25, 0.3) is 0 Å². The third-order valence-electron chi connectivity index (χ3n) is 3.38. The number of carbonyl (C=O) groups excluding carboxylic acids is 1. The Morgan fingerprint density at radius 1 is 0.826 bits per heavy atom. The third kappa shape index (κ3) is 3.15. The summed E-state index contributed by atoms with van der Waals surface area (Å²) in [4.78, 5) is 12.7. The molecule has 0 unspecified atom stereocenters. The molecule has 0 fully saturated rings. The number of aromatic hydroxyl groups is 1. The molecule has 122 valence electrons. The SMILES string of the molecule is COc1cc(O)c(C(=O)c2ccc(OC)c(OC)c2)c(OC)c1. The number of rotatable bonds is 6. The molecule has 6 nitrogen and oxygen atoms in total. The van der Waals surface area contributed by atoms with E-state index in [4.69, 9.17) is 18.9 Å². The predicted molar refractivity (Wildman–Crippen MR) is 84.2 cm³/mol. The molecular weight excluding hydrogens is 300 g/mol. The maximum Gasteiger partial charge on any atom is 0.200 e. The van der Waals surface area contributed by atoms with Gasteiger partial charge in [-0.3, -0.25) is 4.79 Å². The summed E-state index contributed by atoms with van der Waals surface area (Å²) in [5.74, 6) is 0.925. The molecule has 0 radical (unpaired) electrons. The molecule has 2 aromatic carbocycles. The van der Waals surface area contributed by atoms with Crippen molar-refractivity contribution in [1.82, 2.24) is 0 Å². The summed E-state index contributed by atoms with van der Waals surface area (Å²) in [6.07, 6.45) is 0. The first-order valence-electron chi connectivity index (χ1n) is 6.77. The monoisotopic (exact) mass is 318 g/mol. The van der Waals surface area contributed by atoms with Crippen LogP contribution in [0.25, 0.3) is 0 Å². The average Bonchev–Trinajstić information content (AvgIpc) is 2.59. The number of carbonyl (C=O) groups is 1. The minimum Gasteiger partial charge on any atom is -0.507 e. The van der Waals surface area contributed by atoms with Crippen molar-refractivity contribution in [3.05, 3.63) is 41.5 Å². The van der Waals surface area contributed by atoms with Crippen molar-refractivity contribution in [3.63, 3.8) is 0 Å². The van der Waals surface area contributed by atoms with Crippen molar-refractivity contribution < 1.29 is 28.8 Å². The highest BCUT2D eigenvalue weighted by molar-refractivity contribution is 6.12. The van der Waals surface area contributed by atoms with Crippen molar-refractivity contribution in [1.29, 1.82) is 0 Å². The fourth-order valence-corrected chi connectivity index (χ4v) is 2.21. The first-order valence-corrected chi connectivity index (χ1v) is 6.77. The fourth-order valence-electron chi connectivity index (χ4n) is 2.21. The van der Waals surface area contributed by atoms with E-state index < -0.39 is 5.78 Å². The van der Waals surface area contributed by atoms with E-state index in [-0.39, 0.29) is 17.1 Å². The van der Waals surface area contributed by atoms with Gasteiger partial charge in [-0.25, -0.2) is 0 Å². The van der Waals surface area contributed by atoms with Gasteiger partial charge < -0.3 is 24.1 Å². The van der Waals surface area contributed by atoms with Crippen molar-refractivity contribution in [2.24, 2.45) is 0 Å². The van der Waals surface area contributed by atoms with E-state index in [0.717, 1.165) is 0 Å². The van der Waals surface area contributed by atoms with Gasteiger partial charge in [0.2, 0.25) is 5.78 Å². The van der Waals surface area contributed by atoms with Gasteiger partial charge in [-0.15, -0.1) is 0 Å². The lowest BCUT2D eigenvalue weighted by Gasteiger charge is -2.13. The molecule has 0 amide bonds. The second-order valence-corrected chi connectivity index (χ2v) is 4.62. The third-order valence-corrected chi connectivity index (χ3v) is 3.38. The number of ether oxygens (including phenoxy) is 4. The van der Waals surface area contributed by atoms with E-state index in [1.165, 1.54) is 40.6 Å². The summed E-state index contributed by atoms with van der Waals surface area (Å²) in [5.41, 5.74) is 0.391. The Labute approximate surface area is 134 Å². The number of hydrogen-bond donors (Lipinski definition) is 1. The van der Waals surface area contributed by atoms with Gasteiger partial charge in [0.15, 0.2) is 11.5 Å². The molecule has 0 atom stereocenters. The number of hydrogen-bond acceptors (Lipinski definition) is 6. The van der Waals surface area contributed by atoms with E-state index in [1.54, 1.807) is 18.2 Å². The Kier molecular flexibility index (Phi) is 4.95. The Morgan fingerprint density at radius 2 is 1.48 bits per heavy atom. The molecule has 0 heterocycles. The second kappa shape index (κ2) is 6.91. The lowest BCUT2D eigenvalue weighted by atomic mass is 10.0. The zero-order valence-corrected chi connectivity index (χ0v) is 13.4. The molecule has 1 N–H and O–H groups in total. The second-order valence-electron chi connectivity index (χ2n) is 4.62. The van der Waals surface area contributed by atoms with Crippen LogP contribution in [0.2, 0.25) is 0 Å². The number of benzene rings is 2. The Bertz CT molecular complexity index is 723. The lowest BCUT2D eigenvalue weighted by molar-refractivity contribution is 0.103. The zero-order chi connectivity index (χ0) is 17.0. The van der Waals surface area contributed by atoms with Crippen molar-refractivity contribution in [3.8, 4) is 28.7 Å². The quantitative estimate of drug-likeness (QED) is 0.825. The Hall–Kier alpha value is -2.89. The Morgan fingerprint density at radius 3 is 2.04 bits per heavy atom. The molecule has 0 saturated heterocycles. The lowest BCUT2D eigenvalue weighted by Crippen LogP contribution is -2.06. The van der Waals surface area contributed by atoms with Gasteiger partial charge in [0.1, 0.15) is 22.8 Å². The minimum absolute atomic E-state index is 0.0560. The number of phenolic OH excluding ortho intramolecular Hbond substituents is 1. The van der Waals surface area contributed by atoms with Gasteiger partial charge in [-0.2, -0.15) is 0 Å². The van der Waals surface area contributed by atoms with Gasteiger partial charge in [-0.05, 0) is 18.2 Å². The maximum atomic E-state index is 12.7. The van der Waals surface area contributed by atoms with Gasteiger partial charge >= 0.3 is 0 Å². The van der Waals surface area contributed by atoms with E-state index in [1.807, 2.05) is 0 Å². The summed E-state index contributed by atoms with van der Waals surface area (Å²) in [5, 5.41) is 10.2. The van der Waals surface area contributed by atoms with E-state index in [2.05, 4.69) is 0 Å². The zero-order valence-electron chi connectivity index (χ0n) is 13.4. The van der Waals surface area contributed by atoms with Crippen molar-refractivity contribution >= 4 is 5.78 Å². The molecule has 23 heavy (non-hydrogen) atoms. The van der Waals surface area contributed by atoms with Crippen LogP contribution in [0.4, 0.5) is 0 Å².